The summed E-state index contributed by atoms with van der Waals surface area (Å²) in [6, 6.07) is 6.83. The molecule has 4 atom stereocenters. The van der Waals surface area contributed by atoms with Crippen molar-refractivity contribution in [3.8, 4) is 0 Å². The van der Waals surface area contributed by atoms with Crippen LogP contribution < -0.4 is 10.6 Å². The molecule has 3 aromatic rings. The Hall–Kier alpha value is -3.39. The zero-order valence-electron chi connectivity index (χ0n) is 24.6. The van der Waals surface area contributed by atoms with Gasteiger partial charge in [-0.05, 0) is 48.6 Å². The number of rotatable bonds is 15. The number of carbonyl (C=O) groups is 2. The SMILES string of the molecule is C=C[C@@H](C[C@H](O)[C@H](CC1CCCCC1)NC(=O)[C@H](Cc1c[nH]cn1)NC(=O)CCc1c[nH]c2ccccc12)C(C)C. The van der Waals surface area contributed by atoms with Crippen molar-refractivity contribution >= 4 is 22.7 Å². The fourth-order valence-electron chi connectivity index (χ4n) is 6.14. The Morgan fingerprint density at radius 3 is 2.63 bits per heavy atom. The summed E-state index contributed by atoms with van der Waals surface area (Å²) in [6.07, 6.45) is 14.7. The zero-order valence-corrected chi connectivity index (χ0v) is 24.6. The number of benzene rings is 1. The molecule has 41 heavy (non-hydrogen) atoms. The standard InChI is InChI=1S/C33H47N5O3/c1-4-24(22(2)3)17-31(39)29(16-23-10-6-5-7-11-23)38-33(41)30(18-26-20-34-21-36-26)37-32(40)15-14-25-19-35-28-13-9-8-12-27(25)28/h4,8-9,12-13,19-24,29-31,35,39H,1,5-7,10-11,14-18H2,2-3H3,(H,34,36)(H,37,40)(H,38,41)/t24-,29-,30-,31-/m0/s1. The number of H-pyrrole nitrogens is 2. The van der Waals surface area contributed by atoms with E-state index in [1.165, 1.54) is 19.3 Å². The van der Waals surface area contributed by atoms with Gasteiger partial charge in [0, 0.05) is 36.1 Å². The maximum atomic E-state index is 13.8. The van der Waals surface area contributed by atoms with E-state index < -0.39 is 18.2 Å². The van der Waals surface area contributed by atoms with Crippen LogP contribution in [0.5, 0.6) is 0 Å². The summed E-state index contributed by atoms with van der Waals surface area (Å²) in [6.45, 7) is 8.22. The third-order valence-corrected chi connectivity index (χ3v) is 8.69. The summed E-state index contributed by atoms with van der Waals surface area (Å²) in [4.78, 5) is 37.4. The summed E-state index contributed by atoms with van der Waals surface area (Å²) in [5.74, 6) is 0.493. The third-order valence-electron chi connectivity index (χ3n) is 8.69. The van der Waals surface area contributed by atoms with Gasteiger partial charge in [0.25, 0.3) is 0 Å². The van der Waals surface area contributed by atoms with Gasteiger partial charge >= 0.3 is 0 Å². The highest BCUT2D eigenvalue weighted by molar-refractivity contribution is 5.88. The van der Waals surface area contributed by atoms with Crippen LogP contribution in [0.4, 0.5) is 0 Å². The minimum atomic E-state index is -0.796. The van der Waals surface area contributed by atoms with E-state index in [0.29, 0.717) is 30.4 Å². The average Bonchev–Trinajstić information content (AvgIpc) is 3.64. The van der Waals surface area contributed by atoms with Crippen LogP contribution in [0.1, 0.15) is 76.5 Å². The van der Waals surface area contributed by atoms with Crippen molar-refractivity contribution in [2.75, 3.05) is 0 Å². The molecule has 0 radical (unpaired) electrons. The number of aliphatic hydroxyl groups excluding tert-OH is 1. The van der Waals surface area contributed by atoms with Crippen LogP contribution in [0.3, 0.4) is 0 Å². The molecule has 1 fully saturated rings. The van der Waals surface area contributed by atoms with E-state index in [9.17, 15) is 14.7 Å². The molecule has 5 N–H and O–H groups in total. The smallest absolute Gasteiger partial charge is 0.243 e. The molecule has 1 aliphatic carbocycles. The second-order valence-electron chi connectivity index (χ2n) is 12.0. The number of hydrogen-bond acceptors (Lipinski definition) is 4. The van der Waals surface area contributed by atoms with Crippen LogP contribution in [0, 0.1) is 17.8 Å². The highest BCUT2D eigenvalue weighted by Gasteiger charge is 2.31. The van der Waals surface area contributed by atoms with Crippen molar-refractivity contribution in [1.82, 2.24) is 25.6 Å². The number of carbonyl (C=O) groups excluding carboxylic acids is 2. The number of fused-ring (bicyclic) bond motifs is 1. The summed E-state index contributed by atoms with van der Waals surface area (Å²) < 4.78 is 0. The normalized spacial score (nSPS) is 17.2. The molecule has 0 aliphatic heterocycles. The van der Waals surface area contributed by atoms with Gasteiger partial charge in [0.2, 0.25) is 11.8 Å². The number of aryl methyl sites for hydroxylation is 1. The van der Waals surface area contributed by atoms with Gasteiger partial charge in [0.1, 0.15) is 6.04 Å². The minimum absolute atomic E-state index is 0.153. The molecule has 0 spiro atoms. The molecule has 2 aromatic heterocycles. The first-order valence-corrected chi connectivity index (χ1v) is 15.3. The van der Waals surface area contributed by atoms with Crippen molar-refractivity contribution in [3.63, 3.8) is 0 Å². The molecule has 0 bridgehead atoms. The van der Waals surface area contributed by atoms with E-state index in [0.717, 1.165) is 35.7 Å². The lowest BCUT2D eigenvalue weighted by Crippen LogP contribution is -2.54. The Morgan fingerprint density at radius 2 is 1.93 bits per heavy atom. The Bertz CT molecular complexity index is 1240. The number of nitrogens with one attached hydrogen (secondary N) is 4. The highest BCUT2D eigenvalue weighted by atomic mass is 16.3. The Kier molecular flexibility index (Phi) is 11.2. The van der Waals surface area contributed by atoms with Crippen LogP contribution in [0.15, 0.2) is 55.6 Å². The van der Waals surface area contributed by atoms with Crippen molar-refractivity contribution in [3.05, 3.63) is 66.9 Å². The van der Waals surface area contributed by atoms with E-state index >= 15 is 0 Å². The summed E-state index contributed by atoms with van der Waals surface area (Å²) in [7, 11) is 0. The van der Waals surface area contributed by atoms with Gasteiger partial charge in [0.15, 0.2) is 0 Å². The average molecular weight is 562 g/mol. The highest BCUT2D eigenvalue weighted by Crippen LogP contribution is 2.30. The number of amides is 2. The van der Waals surface area contributed by atoms with Crippen LogP contribution in [-0.4, -0.2) is 50.1 Å². The molecule has 1 aromatic carbocycles. The first kappa shape index (κ1) is 30.6. The number of nitrogens with zero attached hydrogens (tertiary/aromatic N) is 1. The number of aliphatic hydroxyl groups is 1. The molecule has 0 saturated heterocycles. The van der Waals surface area contributed by atoms with Crippen molar-refractivity contribution in [2.45, 2.75) is 96.2 Å². The monoisotopic (exact) mass is 561 g/mol. The second-order valence-corrected chi connectivity index (χ2v) is 12.0. The fourth-order valence-corrected chi connectivity index (χ4v) is 6.14. The zero-order chi connectivity index (χ0) is 29.2. The van der Waals surface area contributed by atoms with Crippen LogP contribution in [-0.2, 0) is 22.4 Å². The number of aromatic amines is 2. The molecule has 2 heterocycles. The van der Waals surface area contributed by atoms with Crippen LogP contribution in [0.25, 0.3) is 10.9 Å². The van der Waals surface area contributed by atoms with E-state index in [4.69, 9.17) is 0 Å². The number of allylic oxidation sites excluding steroid dienone is 1. The second kappa shape index (κ2) is 15.0. The van der Waals surface area contributed by atoms with E-state index in [-0.39, 0.29) is 30.6 Å². The first-order valence-electron chi connectivity index (χ1n) is 15.3. The molecule has 4 rings (SSSR count). The lowest BCUT2D eigenvalue weighted by molar-refractivity contribution is -0.130. The van der Waals surface area contributed by atoms with Crippen molar-refractivity contribution in [2.24, 2.45) is 17.8 Å². The molecule has 8 nitrogen and oxygen atoms in total. The van der Waals surface area contributed by atoms with Gasteiger partial charge in [-0.25, -0.2) is 4.98 Å². The predicted octanol–water partition coefficient (Wildman–Crippen LogP) is 5.22. The summed E-state index contributed by atoms with van der Waals surface area (Å²) >= 11 is 0. The van der Waals surface area contributed by atoms with Gasteiger partial charge in [-0.3, -0.25) is 9.59 Å². The molecule has 8 heteroatoms. The first-order chi connectivity index (χ1) is 19.8. The maximum absolute atomic E-state index is 13.8. The van der Waals surface area contributed by atoms with Crippen molar-refractivity contribution < 1.29 is 14.7 Å². The Labute approximate surface area is 243 Å². The van der Waals surface area contributed by atoms with Gasteiger partial charge in [-0.15, -0.1) is 6.58 Å². The maximum Gasteiger partial charge on any atom is 0.243 e. The third kappa shape index (κ3) is 8.80. The van der Waals surface area contributed by atoms with Gasteiger partial charge in [-0.1, -0.05) is 70.2 Å². The lowest BCUT2D eigenvalue weighted by Gasteiger charge is -2.33. The van der Waals surface area contributed by atoms with E-state index in [2.05, 4.69) is 46.0 Å². The molecule has 1 saturated carbocycles. The fraction of sp³-hybridized carbons (Fsp3) is 0.545. The lowest BCUT2D eigenvalue weighted by atomic mass is 9.81. The number of aromatic nitrogens is 3. The van der Waals surface area contributed by atoms with E-state index in [1.54, 1.807) is 12.5 Å². The number of imidazole rings is 1. The van der Waals surface area contributed by atoms with Gasteiger partial charge < -0.3 is 25.7 Å². The van der Waals surface area contributed by atoms with Gasteiger partial charge in [-0.2, -0.15) is 0 Å². The topological polar surface area (TPSA) is 123 Å². The molecule has 1 aliphatic rings. The Morgan fingerprint density at radius 1 is 1.15 bits per heavy atom. The predicted molar refractivity (Wildman–Crippen MR) is 163 cm³/mol. The quantitative estimate of drug-likeness (QED) is 0.163. The number of hydrogen-bond donors (Lipinski definition) is 5. The summed E-state index contributed by atoms with van der Waals surface area (Å²) in [5, 5.41) is 18.6. The van der Waals surface area contributed by atoms with Crippen molar-refractivity contribution in [1.29, 1.82) is 0 Å². The van der Waals surface area contributed by atoms with Crippen LogP contribution in [0.2, 0.25) is 0 Å². The number of para-hydroxylation sites is 1. The largest absolute Gasteiger partial charge is 0.391 e. The Balaban J connectivity index is 1.44. The minimum Gasteiger partial charge on any atom is -0.391 e. The van der Waals surface area contributed by atoms with E-state index in [1.807, 2.05) is 36.5 Å². The molecular weight excluding hydrogens is 514 g/mol. The van der Waals surface area contributed by atoms with Gasteiger partial charge in [0.05, 0.1) is 24.2 Å². The molecular formula is C33H47N5O3. The van der Waals surface area contributed by atoms with Crippen LogP contribution >= 0.6 is 0 Å². The summed E-state index contributed by atoms with van der Waals surface area (Å²) in [5.41, 5.74) is 2.80. The molecule has 222 valence electrons. The molecule has 2 amide bonds. The molecule has 0 unspecified atom stereocenters.